The molecule has 1 aromatic heterocycles. The fourth-order valence-corrected chi connectivity index (χ4v) is 4.61. The molecular weight excluding hydrogens is 451 g/mol. The first kappa shape index (κ1) is 25.7. The van der Waals surface area contributed by atoms with Crippen LogP contribution in [0.5, 0.6) is 0 Å². The van der Waals surface area contributed by atoms with Gasteiger partial charge in [-0.2, -0.15) is 0 Å². The van der Waals surface area contributed by atoms with Gasteiger partial charge >= 0.3 is 191 Å². The van der Waals surface area contributed by atoms with Crippen LogP contribution in [0, 0.1) is 4.32 Å². The van der Waals surface area contributed by atoms with Crippen molar-refractivity contribution in [3.05, 3.63) is 75.4 Å². The number of halogens is 1. The summed E-state index contributed by atoms with van der Waals surface area (Å²) in [6, 6.07) is 13.3. The second-order valence-corrected chi connectivity index (χ2v) is 9.88. The summed E-state index contributed by atoms with van der Waals surface area (Å²) in [5.74, 6) is 1.71. The van der Waals surface area contributed by atoms with Crippen molar-refractivity contribution in [3.8, 4) is 11.4 Å². The summed E-state index contributed by atoms with van der Waals surface area (Å²) in [5, 5.41) is 0. The van der Waals surface area contributed by atoms with E-state index in [0.717, 1.165) is 4.32 Å². The van der Waals surface area contributed by atoms with Gasteiger partial charge in [0.05, 0.1) is 0 Å². The van der Waals surface area contributed by atoms with Gasteiger partial charge in [0.1, 0.15) is 0 Å². The molecule has 0 bridgehead atoms. The summed E-state index contributed by atoms with van der Waals surface area (Å²) in [7, 11) is 0. The molecule has 2 nitrogen and oxygen atoms in total. The minimum absolute atomic E-state index is 0. The van der Waals surface area contributed by atoms with Gasteiger partial charge in [-0.1, -0.05) is 0 Å². The van der Waals surface area contributed by atoms with E-state index in [1.54, 1.807) is 0 Å². The minimum Gasteiger partial charge on any atom is -0.147 e. The van der Waals surface area contributed by atoms with Crippen molar-refractivity contribution in [3.63, 3.8) is 0 Å². The molecule has 0 atom stereocenters. The SMILES string of the molecule is CC(C)c1cccc(C(C)C)c1-n1ccn(-c2c(C(C)C)cccc2C(C)C)[c]1=[Cu].Cl. The Morgan fingerprint density at radius 3 is 1.03 bits per heavy atom. The molecule has 1 heterocycles. The topological polar surface area (TPSA) is 9.86 Å². The molecule has 0 saturated carbocycles. The zero-order valence-corrected chi connectivity index (χ0v) is 21.8. The number of benzene rings is 2. The van der Waals surface area contributed by atoms with Crippen molar-refractivity contribution in [2.45, 2.75) is 79.1 Å². The zero-order valence-electron chi connectivity index (χ0n) is 20.0. The van der Waals surface area contributed by atoms with Gasteiger partial charge in [-0.15, -0.1) is 12.4 Å². The number of nitrogens with zero attached hydrogens (tertiary/aromatic N) is 2. The van der Waals surface area contributed by atoms with Crippen LogP contribution in [0.2, 0.25) is 0 Å². The van der Waals surface area contributed by atoms with Crippen molar-refractivity contribution in [2.24, 2.45) is 0 Å². The summed E-state index contributed by atoms with van der Waals surface area (Å²) in [6.45, 7) is 18.1. The van der Waals surface area contributed by atoms with Gasteiger partial charge in [0, 0.05) is 0 Å². The van der Waals surface area contributed by atoms with Crippen LogP contribution >= 0.6 is 12.4 Å². The molecule has 0 N–H and O–H groups in total. The standard InChI is InChI=1S/C27H36N2.ClH.Cu/c1-18(2)22-11-9-12-23(19(3)4)26(22)28-15-16-29(17-28)27-24(20(5)6)13-10-14-25(27)21(7)8;;/h9-16,18-21H,1-8H3;1H;. The molecular formula is C27H37ClCuN2. The second kappa shape index (κ2) is 10.4. The van der Waals surface area contributed by atoms with E-state index in [4.69, 9.17) is 15.6 Å². The Morgan fingerprint density at radius 2 is 0.806 bits per heavy atom. The Kier molecular flexibility index (Phi) is 8.61. The van der Waals surface area contributed by atoms with E-state index in [-0.39, 0.29) is 12.4 Å². The number of rotatable bonds is 6. The summed E-state index contributed by atoms with van der Waals surface area (Å²) in [6.07, 6.45) is 4.29. The Balaban J connectivity index is 0.00000341. The molecule has 0 saturated heterocycles. The number of aromatic nitrogens is 2. The molecule has 0 spiro atoms. The number of hydrogen-bond donors (Lipinski definition) is 0. The first-order valence-electron chi connectivity index (χ1n) is 11.2. The molecule has 3 rings (SSSR count). The molecule has 0 amide bonds. The van der Waals surface area contributed by atoms with Crippen molar-refractivity contribution >= 4 is 12.4 Å². The summed E-state index contributed by atoms with van der Waals surface area (Å²) in [5.41, 5.74) is 7.85. The predicted octanol–water partition coefficient (Wildman–Crippen LogP) is 8.26. The normalized spacial score (nSPS) is 11.7. The van der Waals surface area contributed by atoms with Crippen LogP contribution in [0.1, 0.15) is 101 Å². The summed E-state index contributed by atoms with van der Waals surface area (Å²) >= 11 is 6.29. The van der Waals surface area contributed by atoms with E-state index >= 15 is 0 Å². The first-order chi connectivity index (χ1) is 14.1. The number of imidazole rings is 1. The third kappa shape index (κ3) is 4.95. The monoisotopic (exact) mass is 487 g/mol. The van der Waals surface area contributed by atoms with E-state index in [9.17, 15) is 0 Å². The van der Waals surface area contributed by atoms with E-state index in [0.29, 0.717) is 23.7 Å². The molecule has 3 aromatic rings. The maximum Gasteiger partial charge on any atom is -0.147 e. The molecule has 173 valence electrons. The minimum atomic E-state index is 0. The third-order valence-electron chi connectivity index (χ3n) is 5.89. The molecule has 2 aromatic carbocycles. The van der Waals surface area contributed by atoms with Crippen molar-refractivity contribution in [2.75, 3.05) is 0 Å². The Bertz CT molecular complexity index is 950. The maximum atomic E-state index is 6.29. The van der Waals surface area contributed by atoms with E-state index in [2.05, 4.69) is 113 Å². The average molecular weight is 489 g/mol. The number of hydrogen-bond acceptors (Lipinski definition) is 0. The fourth-order valence-electron chi connectivity index (χ4n) is 4.26. The van der Waals surface area contributed by atoms with Gasteiger partial charge in [-0.3, -0.25) is 0 Å². The molecule has 0 radical (unpaired) electrons. The van der Waals surface area contributed by atoms with Crippen LogP contribution in [0.4, 0.5) is 0 Å². The van der Waals surface area contributed by atoms with E-state index < -0.39 is 0 Å². The molecule has 0 aliphatic rings. The molecule has 0 aliphatic heterocycles. The largest absolute Gasteiger partial charge is 0.147 e. The zero-order chi connectivity index (χ0) is 22.2. The van der Waals surface area contributed by atoms with Gasteiger partial charge in [0.2, 0.25) is 0 Å². The Morgan fingerprint density at radius 1 is 0.548 bits per heavy atom. The van der Waals surface area contributed by atoms with Crippen molar-refractivity contribution in [1.29, 1.82) is 0 Å². The molecule has 0 aliphatic carbocycles. The van der Waals surface area contributed by atoms with Crippen LogP contribution in [0.25, 0.3) is 11.4 Å². The van der Waals surface area contributed by atoms with Crippen LogP contribution < -0.4 is 0 Å². The van der Waals surface area contributed by atoms with E-state index in [1.807, 2.05) is 0 Å². The molecule has 0 unspecified atom stereocenters. The maximum absolute atomic E-state index is 6.29. The summed E-state index contributed by atoms with van der Waals surface area (Å²) < 4.78 is 5.24. The van der Waals surface area contributed by atoms with Gasteiger partial charge in [-0.25, -0.2) is 0 Å². The van der Waals surface area contributed by atoms with Crippen LogP contribution in [0.15, 0.2) is 48.8 Å². The van der Waals surface area contributed by atoms with Gasteiger partial charge < -0.3 is 0 Å². The Hall–Kier alpha value is -1.54. The van der Waals surface area contributed by atoms with Crippen molar-refractivity contribution < 1.29 is 15.6 Å². The smallest absolute Gasteiger partial charge is 0.147 e. The summed E-state index contributed by atoms with van der Waals surface area (Å²) in [4.78, 5) is 0. The van der Waals surface area contributed by atoms with Gasteiger partial charge in [0.25, 0.3) is 0 Å². The predicted molar refractivity (Wildman–Crippen MR) is 132 cm³/mol. The Labute approximate surface area is 202 Å². The third-order valence-corrected chi connectivity index (χ3v) is 6.35. The first-order valence-corrected chi connectivity index (χ1v) is 11.6. The van der Waals surface area contributed by atoms with Gasteiger partial charge in [0.15, 0.2) is 0 Å². The van der Waals surface area contributed by atoms with Crippen molar-refractivity contribution in [1.82, 2.24) is 9.13 Å². The molecule has 31 heavy (non-hydrogen) atoms. The van der Waals surface area contributed by atoms with Crippen LogP contribution in [-0.2, 0) is 15.6 Å². The quantitative estimate of drug-likeness (QED) is 0.309. The average Bonchev–Trinajstić information content (AvgIpc) is 3.07. The van der Waals surface area contributed by atoms with Crippen LogP contribution in [0.3, 0.4) is 0 Å². The fraction of sp³-hybridized carbons (Fsp3) is 0.444. The number of para-hydroxylation sites is 2. The molecule has 4 heteroatoms. The molecule has 0 fully saturated rings. The van der Waals surface area contributed by atoms with E-state index in [1.165, 1.54) is 33.6 Å². The van der Waals surface area contributed by atoms with Gasteiger partial charge in [-0.05, 0) is 0 Å². The van der Waals surface area contributed by atoms with Crippen LogP contribution in [-0.4, -0.2) is 9.13 Å². The second-order valence-electron chi connectivity index (χ2n) is 9.46.